The Morgan fingerprint density at radius 2 is 1.93 bits per heavy atom. The van der Waals surface area contributed by atoms with E-state index in [0.717, 1.165) is 11.1 Å². The van der Waals surface area contributed by atoms with Gasteiger partial charge < -0.3 is 10.2 Å². The van der Waals surface area contributed by atoms with Crippen molar-refractivity contribution in [1.29, 1.82) is 0 Å². The van der Waals surface area contributed by atoms with E-state index in [2.05, 4.69) is 21.2 Å². The zero-order chi connectivity index (χ0) is 19.6. The molecule has 2 amide bonds. The van der Waals surface area contributed by atoms with Gasteiger partial charge in [-0.15, -0.1) is 0 Å². The third kappa shape index (κ3) is 4.56. The molecule has 27 heavy (non-hydrogen) atoms. The van der Waals surface area contributed by atoms with Gasteiger partial charge >= 0.3 is 0 Å². The van der Waals surface area contributed by atoms with Crippen LogP contribution in [0.5, 0.6) is 0 Å². The van der Waals surface area contributed by atoms with Crippen LogP contribution in [-0.4, -0.2) is 22.8 Å². The number of carbonyl (C=O) groups excluding carboxylic acids is 2. The highest BCUT2D eigenvalue weighted by atomic mass is 79.9. The van der Waals surface area contributed by atoms with Gasteiger partial charge in [0.05, 0.1) is 5.69 Å². The van der Waals surface area contributed by atoms with Gasteiger partial charge in [0, 0.05) is 23.9 Å². The van der Waals surface area contributed by atoms with Crippen molar-refractivity contribution in [2.45, 2.75) is 39.3 Å². The van der Waals surface area contributed by atoms with Gasteiger partial charge in [0.2, 0.25) is 11.8 Å². The van der Waals surface area contributed by atoms with E-state index in [0.29, 0.717) is 23.9 Å². The lowest BCUT2D eigenvalue weighted by molar-refractivity contribution is -0.140. The van der Waals surface area contributed by atoms with Gasteiger partial charge in [0.25, 0.3) is 0 Å². The Balaban J connectivity index is 1.86. The van der Waals surface area contributed by atoms with E-state index in [4.69, 9.17) is 0 Å². The molecule has 6 heteroatoms. The molecule has 142 valence electrons. The quantitative estimate of drug-likeness (QED) is 0.771. The van der Waals surface area contributed by atoms with Crippen LogP contribution in [0.3, 0.4) is 0 Å². The summed E-state index contributed by atoms with van der Waals surface area (Å²) >= 11 is 3.20. The van der Waals surface area contributed by atoms with Crippen molar-refractivity contribution in [2.24, 2.45) is 5.92 Å². The summed E-state index contributed by atoms with van der Waals surface area (Å²) in [5.41, 5.74) is 2.20. The zero-order valence-electron chi connectivity index (χ0n) is 15.3. The van der Waals surface area contributed by atoms with E-state index in [1.54, 1.807) is 11.0 Å². The van der Waals surface area contributed by atoms with Gasteiger partial charge in [-0.25, -0.2) is 4.39 Å². The molecule has 2 aromatic rings. The molecule has 2 aromatic carbocycles. The number of nitrogens with one attached hydrogen (secondary N) is 1. The van der Waals surface area contributed by atoms with Crippen LogP contribution in [0.15, 0.2) is 46.9 Å². The molecular weight excluding hydrogens is 411 g/mol. The molecule has 0 aromatic heterocycles. The number of hydrogen-bond donors (Lipinski definition) is 1. The van der Waals surface area contributed by atoms with Crippen LogP contribution >= 0.6 is 15.9 Å². The molecule has 1 unspecified atom stereocenters. The lowest BCUT2D eigenvalue weighted by Gasteiger charge is -2.36. The van der Waals surface area contributed by atoms with Gasteiger partial charge in [0.1, 0.15) is 11.9 Å². The monoisotopic (exact) mass is 432 g/mol. The van der Waals surface area contributed by atoms with Crippen molar-refractivity contribution in [3.63, 3.8) is 0 Å². The van der Waals surface area contributed by atoms with E-state index in [1.165, 1.54) is 12.1 Å². The van der Waals surface area contributed by atoms with Crippen LogP contribution in [0, 0.1) is 11.7 Å². The molecule has 0 aliphatic carbocycles. The summed E-state index contributed by atoms with van der Waals surface area (Å²) in [6.07, 6.45) is 0.794. The van der Waals surface area contributed by atoms with Crippen molar-refractivity contribution in [3.8, 4) is 0 Å². The number of benzene rings is 2. The molecule has 1 N–H and O–H groups in total. The van der Waals surface area contributed by atoms with Crippen LogP contribution < -0.4 is 5.32 Å². The van der Waals surface area contributed by atoms with Crippen molar-refractivity contribution >= 4 is 33.4 Å². The van der Waals surface area contributed by atoms with Crippen molar-refractivity contribution in [3.05, 3.63) is 63.9 Å². The minimum Gasteiger partial charge on any atom is -0.326 e. The van der Waals surface area contributed by atoms with Gasteiger partial charge in [-0.2, -0.15) is 0 Å². The fraction of sp³-hybridized carbons (Fsp3) is 0.333. The highest BCUT2D eigenvalue weighted by Crippen LogP contribution is 2.26. The summed E-state index contributed by atoms with van der Waals surface area (Å²) in [6.45, 7) is 4.34. The normalized spacial score (nSPS) is 16.2. The Hall–Kier alpha value is -2.21. The third-order valence-corrected chi connectivity index (χ3v) is 5.14. The fourth-order valence-electron chi connectivity index (χ4n) is 3.29. The number of anilines is 1. The fourth-order valence-corrected chi connectivity index (χ4v) is 3.63. The van der Waals surface area contributed by atoms with Crippen molar-refractivity contribution in [2.75, 3.05) is 5.32 Å². The molecule has 0 bridgehead atoms. The van der Waals surface area contributed by atoms with E-state index in [1.807, 2.05) is 38.1 Å². The second-order valence-electron chi connectivity index (χ2n) is 7.22. The molecule has 0 saturated heterocycles. The summed E-state index contributed by atoms with van der Waals surface area (Å²) in [5.74, 6) is -0.755. The number of rotatable bonds is 4. The topological polar surface area (TPSA) is 49.4 Å². The molecule has 0 spiro atoms. The van der Waals surface area contributed by atoms with E-state index in [9.17, 15) is 14.0 Å². The third-order valence-electron chi connectivity index (χ3n) is 4.64. The zero-order valence-corrected chi connectivity index (χ0v) is 16.9. The second kappa shape index (κ2) is 8.21. The second-order valence-corrected chi connectivity index (χ2v) is 8.14. The van der Waals surface area contributed by atoms with Crippen molar-refractivity contribution < 1.29 is 14.0 Å². The van der Waals surface area contributed by atoms with Crippen LogP contribution in [0.1, 0.15) is 31.4 Å². The summed E-state index contributed by atoms with van der Waals surface area (Å²) < 4.78 is 14.7. The predicted octanol–water partition coefficient (Wildman–Crippen LogP) is 4.53. The Morgan fingerprint density at radius 3 is 2.59 bits per heavy atom. The lowest BCUT2D eigenvalue weighted by Crippen LogP contribution is -2.50. The van der Waals surface area contributed by atoms with E-state index in [-0.39, 0.29) is 23.4 Å². The largest absolute Gasteiger partial charge is 0.326 e. The van der Waals surface area contributed by atoms with E-state index >= 15 is 0 Å². The smallest absolute Gasteiger partial charge is 0.247 e. The van der Waals surface area contributed by atoms with Crippen LogP contribution in [-0.2, 0) is 22.6 Å². The molecular formula is C21H22BrFN2O2. The van der Waals surface area contributed by atoms with Crippen LogP contribution in [0.4, 0.5) is 10.1 Å². The minimum absolute atomic E-state index is 0.0593. The summed E-state index contributed by atoms with van der Waals surface area (Å²) in [7, 11) is 0. The van der Waals surface area contributed by atoms with Gasteiger partial charge in [-0.05, 0) is 35.2 Å². The number of fused-ring (bicyclic) bond motifs is 1. The molecule has 4 nitrogen and oxygen atoms in total. The lowest BCUT2D eigenvalue weighted by atomic mass is 9.92. The maximum atomic E-state index is 14.1. The van der Waals surface area contributed by atoms with Crippen LogP contribution in [0.2, 0.25) is 0 Å². The van der Waals surface area contributed by atoms with Crippen LogP contribution in [0.25, 0.3) is 0 Å². The van der Waals surface area contributed by atoms with Gasteiger partial charge in [-0.1, -0.05) is 54.0 Å². The number of halogens is 2. The molecule has 0 saturated carbocycles. The highest BCUT2D eigenvalue weighted by molar-refractivity contribution is 9.10. The first kappa shape index (κ1) is 19.5. The summed E-state index contributed by atoms with van der Waals surface area (Å²) in [4.78, 5) is 27.3. The molecule has 0 radical (unpaired) electrons. The number of carbonyl (C=O) groups is 2. The standard InChI is InChI=1S/C21H22BrFN2O2/c1-13(2)9-20(26)25-12-15-6-4-3-5-14(15)10-19(25)21(27)24-18-8-7-16(22)11-17(18)23/h3-8,11,13,19H,9-10,12H2,1-2H3,(H,24,27). The molecule has 1 aliphatic rings. The average Bonchev–Trinajstić information content (AvgIpc) is 2.62. The first-order valence-electron chi connectivity index (χ1n) is 8.97. The SMILES string of the molecule is CC(C)CC(=O)N1Cc2ccccc2CC1C(=O)Nc1ccc(Br)cc1F. The first-order valence-corrected chi connectivity index (χ1v) is 9.76. The number of hydrogen-bond acceptors (Lipinski definition) is 2. The Morgan fingerprint density at radius 1 is 1.22 bits per heavy atom. The average molecular weight is 433 g/mol. The first-order chi connectivity index (χ1) is 12.8. The summed E-state index contributed by atoms with van der Waals surface area (Å²) in [5, 5.41) is 2.65. The Labute approximate surface area is 166 Å². The Bertz CT molecular complexity index is 869. The number of nitrogens with zero attached hydrogens (tertiary/aromatic N) is 1. The van der Waals surface area contributed by atoms with Crippen molar-refractivity contribution in [1.82, 2.24) is 4.90 Å². The Kier molecular flexibility index (Phi) is 5.95. The molecule has 1 aliphatic heterocycles. The predicted molar refractivity (Wildman–Crippen MR) is 107 cm³/mol. The molecule has 3 rings (SSSR count). The minimum atomic E-state index is -0.658. The maximum Gasteiger partial charge on any atom is 0.247 e. The van der Waals surface area contributed by atoms with E-state index < -0.39 is 11.9 Å². The molecule has 0 fully saturated rings. The number of amides is 2. The van der Waals surface area contributed by atoms with Gasteiger partial charge in [0.15, 0.2) is 0 Å². The molecule has 1 atom stereocenters. The summed E-state index contributed by atoms with van der Waals surface area (Å²) in [6, 6.07) is 11.6. The maximum absolute atomic E-state index is 14.1. The highest BCUT2D eigenvalue weighted by Gasteiger charge is 2.34. The van der Waals surface area contributed by atoms with Gasteiger partial charge in [-0.3, -0.25) is 9.59 Å². The molecule has 1 heterocycles.